The molecule has 0 spiro atoms. The first-order valence-corrected chi connectivity index (χ1v) is 10.1. The number of aliphatic hydroxyl groups excluding tert-OH is 1. The van der Waals surface area contributed by atoms with Crippen molar-refractivity contribution in [1.82, 2.24) is 9.88 Å². The molecule has 1 fully saturated rings. The summed E-state index contributed by atoms with van der Waals surface area (Å²) in [6.07, 6.45) is 2.33. The second kappa shape index (κ2) is 7.85. The van der Waals surface area contributed by atoms with Gasteiger partial charge in [0.15, 0.2) is 10.8 Å². The van der Waals surface area contributed by atoms with E-state index in [4.69, 9.17) is 4.42 Å². The molecule has 4 rings (SSSR count). The first-order valence-electron chi connectivity index (χ1n) is 9.27. The number of likely N-dealkylation sites (tertiary alicyclic amines) is 1. The Morgan fingerprint density at radius 3 is 2.64 bits per heavy atom. The first kappa shape index (κ1) is 18.8. The van der Waals surface area contributed by atoms with E-state index in [0.717, 1.165) is 4.88 Å². The minimum absolute atomic E-state index is 0.0460. The van der Waals surface area contributed by atoms with Crippen LogP contribution < -0.4 is 0 Å². The van der Waals surface area contributed by atoms with Crippen molar-refractivity contribution in [1.29, 1.82) is 0 Å². The number of benzene rings is 1. The van der Waals surface area contributed by atoms with Crippen molar-refractivity contribution >= 4 is 17.2 Å². The molecule has 0 aliphatic carbocycles. The number of halogens is 1. The van der Waals surface area contributed by atoms with Crippen LogP contribution in [0.15, 0.2) is 47.1 Å². The number of carbonyl (C=O) groups is 1. The molecule has 1 saturated heterocycles. The van der Waals surface area contributed by atoms with E-state index in [1.54, 1.807) is 29.4 Å². The van der Waals surface area contributed by atoms with E-state index in [1.807, 2.05) is 13.0 Å². The number of thiazole rings is 1. The molecule has 1 aliphatic heterocycles. The van der Waals surface area contributed by atoms with Crippen LogP contribution in [0.2, 0.25) is 0 Å². The van der Waals surface area contributed by atoms with E-state index in [2.05, 4.69) is 4.98 Å². The van der Waals surface area contributed by atoms with Crippen LogP contribution in [0.4, 0.5) is 4.39 Å². The number of piperidine rings is 1. The van der Waals surface area contributed by atoms with Crippen molar-refractivity contribution < 1.29 is 18.7 Å². The fourth-order valence-corrected chi connectivity index (χ4v) is 4.47. The number of hydrogen-bond donors (Lipinski definition) is 1. The lowest BCUT2D eigenvalue weighted by Crippen LogP contribution is -2.40. The van der Waals surface area contributed by atoms with Gasteiger partial charge in [0, 0.05) is 18.0 Å². The third-order valence-corrected chi connectivity index (χ3v) is 6.20. The Kier molecular flexibility index (Phi) is 5.28. The molecule has 1 aliphatic rings. The van der Waals surface area contributed by atoms with Crippen LogP contribution in [-0.2, 0) is 0 Å². The normalized spacial score (nSPS) is 16.3. The van der Waals surface area contributed by atoms with Crippen molar-refractivity contribution in [3.05, 3.63) is 64.6 Å². The Balaban J connectivity index is 1.41. The Labute approximate surface area is 166 Å². The monoisotopic (exact) mass is 400 g/mol. The number of aryl methyl sites for hydroxylation is 1. The SMILES string of the molecule is Cc1sc(-c2ccco2)nc1C(=O)N1CCC([C@H](O)c2ccc(F)cc2)CC1. The molecule has 3 aromatic rings. The molecule has 2 aromatic heterocycles. The second-order valence-electron chi connectivity index (χ2n) is 7.03. The average Bonchev–Trinajstić information content (AvgIpc) is 3.37. The van der Waals surface area contributed by atoms with Gasteiger partial charge >= 0.3 is 0 Å². The summed E-state index contributed by atoms with van der Waals surface area (Å²) >= 11 is 1.45. The molecule has 1 atom stereocenters. The zero-order valence-corrected chi connectivity index (χ0v) is 16.3. The van der Waals surface area contributed by atoms with Gasteiger partial charge in [-0.3, -0.25) is 4.79 Å². The van der Waals surface area contributed by atoms with E-state index in [0.29, 0.717) is 48.0 Å². The molecule has 0 saturated carbocycles. The van der Waals surface area contributed by atoms with E-state index >= 15 is 0 Å². The van der Waals surface area contributed by atoms with Crippen molar-refractivity contribution in [2.75, 3.05) is 13.1 Å². The van der Waals surface area contributed by atoms with Gasteiger partial charge in [0.25, 0.3) is 5.91 Å². The number of hydrogen-bond acceptors (Lipinski definition) is 5. The molecule has 28 heavy (non-hydrogen) atoms. The zero-order valence-electron chi connectivity index (χ0n) is 15.5. The van der Waals surface area contributed by atoms with Gasteiger partial charge in [-0.05, 0) is 55.5 Å². The fourth-order valence-electron chi connectivity index (χ4n) is 3.60. The number of carbonyl (C=O) groups excluding carboxylic acids is 1. The predicted octanol–water partition coefficient (Wildman–Crippen LogP) is 4.44. The summed E-state index contributed by atoms with van der Waals surface area (Å²) in [6, 6.07) is 9.58. The van der Waals surface area contributed by atoms with E-state index in [1.165, 1.54) is 23.5 Å². The quantitative estimate of drug-likeness (QED) is 0.703. The third kappa shape index (κ3) is 3.72. The number of amides is 1. The van der Waals surface area contributed by atoms with E-state index in [9.17, 15) is 14.3 Å². The van der Waals surface area contributed by atoms with Crippen molar-refractivity contribution in [2.24, 2.45) is 5.92 Å². The zero-order chi connectivity index (χ0) is 19.7. The molecular weight excluding hydrogens is 379 g/mol. The van der Waals surface area contributed by atoms with Crippen molar-refractivity contribution in [2.45, 2.75) is 25.9 Å². The van der Waals surface area contributed by atoms with Gasteiger partial charge < -0.3 is 14.4 Å². The Morgan fingerprint density at radius 2 is 2.00 bits per heavy atom. The molecule has 0 unspecified atom stereocenters. The molecule has 5 nitrogen and oxygen atoms in total. The van der Waals surface area contributed by atoms with Crippen LogP contribution in [0, 0.1) is 18.7 Å². The van der Waals surface area contributed by atoms with Gasteiger partial charge in [-0.1, -0.05) is 12.1 Å². The van der Waals surface area contributed by atoms with Crippen LogP contribution in [-0.4, -0.2) is 34.0 Å². The lowest BCUT2D eigenvalue weighted by Gasteiger charge is -2.34. The third-order valence-electron chi connectivity index (χ3n) is 5.22. The second-order valence-corrected chi connectivity index (χ2v) is 8.23. The summed E-state index contributed by atoms with van der Waals surface area (Å²) in [5.74, 6) is 0.309. The van der Waals surface area contributed by atoms with Crippen LogP contribution in [0.3, 0.4) is 0 Å². The summed E-state index contributed by atoms with van der Waals surface area (Å²) in [5, 5.41) is 11.3. The maximum atomic E-state index is 13.1. The van der Waals surface area contributed by atoms with E-state index in [-0.39, 0.29) is 17.6 Å². The van der Waals surface area contributed by atoms with Crippen LogP contribution in [0.1, 0.15) is 39.9 Å². The van der Waals surface area contributed by atoms with Gasteiger partial charge in [0.05, 0.1) is 12.4 Å². The summed E-state index contributed by atoms with van der Waals surface area (Å²) in [7, 11) is 0. The first-order chi connectivity index (χ1) is 13.5. The maximum absolute atomic E-state index is 13.1. The molecule has 146 valence electrons. The predicted molar refractivity (Wildman–Crippen MR) is 105 cm³/mol. The van der Waals surface area contributed by atoms with Gasteiger partial charge in [-0.25, -0.2) is 9.37 Å². The minimum Gasteiger partial charge on any atom is -0.462 e. The Bertz CT molecular complexity index is 945. The Hall–Kier alpha value is -2.51. The number of aliphatic hydroxyl groups is 1. The lowest BCUT2D eigenvalue weighted by atomic mass is 9.87. The number of nitrogens with zero attached hydrogens (tertiary/aromatic N) is 2. The van der Waals surface area contributed by atoms with Crippen LogP contribution >= 0.6 is 11.3 Å². The highest BCUT2D eigenvalue weighted by Crippen LogP contribution is 2.33. The maximum Gasteiger partial charge on any atom is 0.273 e. The molecule has 1 aromatic carbocycles. The summed E-state index contributed by atoms with van der Waals surface area (Å²) in [5.41, 5.74) is 1.18. The Morgan fingerprint density at radius 1 is 1.29 bits per heavy atom. The molecule has 0 bridgehead atoms. The highest BCUT2D eigenvalue weighted by Gasteiger charge is 2.30. The van der Waals surface area contributed by atoms with Crippen LogP contribution in [0.5, 0.6) is 0 Å². The number of furan rings is 1. The summed E-state index contributed by atoms with van der Waals surface area (Å²) in [6.45, 7) is 3.02. The van der Waals surface area contributed by atoms with Gasteiger partial charge in [0.2, 0.25) is 0 Å². The molecule has 0 radical (unpaired) electrons. The smallest absolute Gasteiger partial charge is 0.273 e. The lowest BCUT2D eigenvalue weighted by molar-refractivity contribution is 0.0458. The highest BCUT2D eigenvalue weighted by molar-refractivity contribution is 7.15. The standard InChI is InChI=1S/C21H21FN2O3S/c1-13-18(23-20(28-13)17-3-2-12-27-17)21(26)24-10-8-15(9-11-24)19(25)14-4-6-16(22)7-5-14/h2-7,12,15,19,25H,8-11H2,1H3/t19-/m1/s1. The molecule has 1 amide bonds. The summed E-state index contributed by atoms with van der Waals surface area (Å²) in [4.78, 5) is 20.1. The summed E-state index contributed by atoms with van der Waals surface area (Å²) < 4.78 is 18.5. The van der Waals surface area contributed by atoms with Crippen LogP contribution in [0.25, 0.3) is 10.8 Å². The number of rotatable bonds is 4. The molecular formula is C21H21FN2O3S. The van der Waals surface area contributed by atoms with Gasteiger partial charge in [-0.15, -0.1) is 11.3 Å². The van der Waals surface area contributed by atoms with Gasteiger partial charge in [-0.2, -0.15) is 0 Å². The van der Waals surface area contributed by atoms with E-state index < -0.39 is 6.10 Å². The average molecular weight is 400 g/mol. The largest absolute Gasteiger partial charge is 0.462 e. The van der Waals surface area contributed by atoms with Crippen molar-refractivity contribution in [3.63, 3.8) is 0 Å². The van der Waals surface area contributed by atoms with Gasteiger partial charge in [0.1, 0.15) is 11.5 Å². The topological polar surface area (TPSA) is 66.6 Å². The van der Waals surface area contributed by atoms with Crippen molar-refractivity contribution in [3.8, 4) is 10.8 Å². The highest BCUT2D eigenvalue weighted by atomic mass is 32.1. The molecule has 3 heterocycles. The minimum atomic E-state index is -0.649. The molecule has 7 heteroatoms. The number of aromatic nitrogens is 1. The molecule has 1 N–H and O–H groups in total. The fraction of sp³-hybridized carbons (Fsp3) is 0.333.